The van der Waals surface area contributed by atoms with E-state index in [1.54, 1.807) is 24.3 Å². The van der Waals surface area contributed by atoms with Gasteiger partial charge in [0, 0.05) is 23.6 Å². The lowest BCUT2D eigenvalue weighted by molar-refractivity contribution is -0.116. The molecule has 32 heavy (non-hydrogen) atoms. The number of carbonyl (C=O) groups excluding carboxylic acids is 3. The van der Waals surface area contributed by atoms with Gasteiger partial charge in [0.05, 0.1) is 16.8 Å². The molecule has 158 valence electrons. The molecule has 7 heteroatoms. The molecule has 0 saturated heterocycles. The summed E-state index contributed by atoms with van der Waals surface area (Å²) in [6, 6.07) is 16.3. The third-order valence-corrected chi connectivity index (χ3v) is 5.60. The summed E-state index contributed by atoms with van der Waals surface area (Å²) in [6.45, 7) is 3.56. The van der Waals surface area contributed by atoms with Crippen molar-refractivity contribution in [2.75, 3.05) is 11.9 Å². The number of rotatable bonds is 4. The maximum Gasteiger partial charge on any atom is 0.262 e. The second kappa shape index (κ2) is 7.46. The van der Waals surface area contributed by atoms with Crippen LogP contribution >= 0.6 is 0 Å². The van der Waals surface area contributed by atoms with Gasteiger partial charge < -0.3 is 9.72 Å². The highest BCUT2D eigenvalue weighted by Gasteiger charge is 2.36. The molecule has 3 heterocycles. The fourth-order valence-electron chi connectivity index (χ4n) is 3.85. The van der Waals surface area contributed by atoms with E-state index in [1.165, 1.54) is 0 Å². The average Bonchev–Trinajstić information content (AvgIpc) is 3.30. The number of hydrogen-bond acceptors (Lipinski definition) is 4. The number of imide groups is 1. The Labute approximate surface area is 184 Å². The molecular weight excluding hydrogens is 404 g/mol. The molecule has 0 spiro atoms. The molecule has 0 saturated carbocycles. The van der Waals surface area contributed by atoms with E-state index in [2.05, 4.69) is 10.3 Å². The van der Waals surface area contributed by atoms with Crippen LogP contribution in [0.5, 0.6) is 0 Å². The summed E-state index contributed by atoms with van der Waals surface area (Å²) in [6.07, 6.45) is 3.89. The van der Waals surface area contributed by atoms with Crippen molar-refractivity contribution in [1.29, 1.82) is 0 Å². The molecule has 1 aliphatic rings. The zero-order valence-corrected chi connectivity index (χ0v) is 17.6. The first kappa shape index (κ1) is 19.7. The van der Waals surface area contributed by atoms with E-state index in [1.807, 2.05) is 61.0 Å². The normalized spacial score (nSPS) is 13.0. The lowest BCUT2D eigenvalue weighted by Crippen LogP contribution is -2.37. The van der Waals surface area contributed by atoms with Crippen molar-refractivity contribution < 1.29 is 14.4 Å². The number of nitrogens with zero attached hydrogens (tertiary/aromatic N) is 3. The SMILES string of the molecule is Cc1ccn2cc(-c3ccc(C)c(NC(=O)CN4C(=O)c5ccccc5C4=O)c3)nc2c1. The molecule has 0 atom stereocenters. The predicted octanol–water partition coefficient (Wildman–Crippen LogP) is 3.85. The number of fused-ring (bicyclic) bond motifs is 2. The van der Waals surface area contributed by atoms with Gasteiger partial charge in [-0.15, -0.1) is 0 Å². The second-order valence-electron chi connectivity index (χ2n) is 7.92. The molecule has 5 rings (SSSR count). The molecule has 3 amide bonds. The fraction of sp³-hybridized carbons (Fsp3) is 0.120. The molecular formula is C25H20N4O3. The van der Waals surface area contributed by atoms with Gasteiger partial charge in [0.25, 0.3) is 11.8 Å². The lowest BCUT2D eigenvalue weighted by Gasteiger charge is -2.15. The van der Waals surface area contributed by atoms with Crippen LogP contribution in [-0.2, 0) is 4.79 Å². The van der Waals surface area contributed by atoms with Crippen LogP contribution in [0.1, 0.15) is 31.8 Å². The zero-order valence-electron chi connectivity index (χ0n) is 17.6. The minimum absolute atomic E-state index is 0.325. The summed E-state index contributed by atoms with van der Waals surface area (Å²) >= 11 is 0. The predicted molar refractivity (Wildman–Crippen MR) is 121 cm³/mol. The van der Waals surface area contributed by atoms with E-state index in [0.29, 0.717) is 16.8 Å². The van der Waals surface area contributed by atoms with Gasteiger partial charge in [-0.1, -0.05) is 24.3 Å². The Morgan fingerprint density at radius 2 is 1.69 bits per heavy atom. The van der Waals surface area contributed by atoms with Crippen LogP contribution in [0.3, 0.4) is 0 Å². The number of imidazole rings is 1. The van der Waals surface area contributed by atoms with Crippen molar-refractivity contribution >= 4 is 29.1 Å². The highest BCUT2D eigenvalue weighted by molar-refractivity contribution is 6.22. The highest BCUT2D eigenvalue weighted by Crippen LogP contribution is 2.26. The molecule has 4 aromatic rings. The summed E-state index contributed by atoms with van der Waals surface area (Å²) in [5.74, 6) is -1.34. The summed E-state index contributed by atoms with van der Waals surface area (Å²) in [5.41, 5.74) is 5.73. The first-order valence-electron chi connectivity index (χ1n) is 10.2. The third kappa shape index (κ3) is 3.33. The van der Waals surface area contributed by atoms with E-state index >= 15 is 0 Å². The molecule has 0 aliphatic carbocycles. The number of anilines is 1. The summed E-state index contributed by atoms with van der Waals surface area (Å²) in [7, 11) is 0. The van der Waals surface area contributed by atoms with Gasteiger partial charge in [-0.2, -0.15) is 0 Å². The van der Waals surface area contributed by atoms with Gasteiger partial charge in [0.15, 0.2) is 0 Å². The molecule has 0 unspecified atom stereocenters. The molecule has 7 nitrogen and oxygen atoms in total. The number of aryl methyl sites for hydroxylation is 2. The Bertz CT molecular complexity index is 1380. The molecule has 0 bridgehead atoms. The molecule has 1 aliphatic heterocycles. The van der Waals surface area contributed by atoms with Crippen LogP contribution in [0.25, 0.3) is 16.9 Å². The molecule has 2 aromatic heterocycles. The van der Waals surface area contributed by atoms with Crippen LogP contribution in [0.2, 0.25) is 0 Å². The van der Waals surface area contributed by atoms with Crippen LogP contribution < -0.4 is 5.32 Å². The number of pyridine rings is 1. The number of hydrogen-bond donors (Lipinski definition) is 1. The minimum Gasteiger partial charge on any atom is -0.324 e. The molecule has 0 radical (unpaired) electrons. The Morgan fingerprint density at radius 1 is 0.969 bits per heavy atom. The molecule has 2 aromatic carbocycles. The molecule has 1 N–H and O–H groups in total. The van der Waals surface area contributed by atoms with Crippen molar-refractivity contribution in [1.82, 2.24) is 14.3 Å². The highest BCUT2D eigenvalue weighted by atomic mass is 16.2. The quantitative estimate of drug-likeness (QED) is 0.505. The van der Waals surface area contributed by atoms with Crippen molar-refractivity contribution in [3.63, 3.8) is 0 Å². The monoisotopic (exact) mass is 424 g/mol. The van der Waals surface area contributed by atoms with Gasteiger partial charge in [-0.3, -0.25) is 19.3 Å². The zero-order chi connectivity index (χ0) is 22.4. The number of aromatic nitrogens is 2. The first-order chi connectivity index (χ1) is 15.4. The van der Waals surface area contributed by atoms with Gasteiger partial charge in [-0.05, 0) is 55.3 Å². The average molecular weight is 424 g/mol. The third-order valence-electron chi connectivity index (χ3n) is 5.60. The Balaban J connectivity index is 1.37. The Kier molecular flexibility index (Phi) is 4.59. The smallest absolute Gasteiger partial charge is 0.262 e. The van der Waals surface area contributed by atoms with Crippen molar-refractivity contribution in [3.8, 4) is 11.3 Å². The number of benzene rings is 2. The Morgan fingerprint density at radius 3 is 2.41 bits per heavy atom. The van der Waals surface area contributed by atoms with Crippen molar-refractivity contribution in [2.45, 2.75) is 13.8 Å². The topological polar surface area (TPSA) is 83.8 Å². The minimum atomic E-state index is -0.453. The number of carbonyl (C=O) groups is 3. The van der Waals surface area contributed by atoms with Crippen molar-refractivity contribution in [2.24, 2.45) is 0 Å². The van der Waals surface area contributed by atoms with Crippen LogP contribution in [0.15, 0.2) is 67.0 Å². The van der Waals surface area contributed by atoms with Crippen LogP contribution in [-0.4, -0.2) is 38.6 Å². The van der Waals surface area contributed by atoms with Gasteiger partial charge in [0.1, 0.15) is 12.2 Å². The largest absolute Gasteiger partial charge is 0.324 e. The van der Waals surface area contributed by atoms with Gasteiger partial charge in [-0.25, -0.2) is 4.98 Å². The summed E-state index contributed by atoms with van der Waals surface area (Å²) in [5, 5.41) is 2.84. The van der Waals surface area contributed by atoms with E-state index < -0.39 is 17.7 Å². The maximum absolute atomic E-state index is 12.7. The van der Waals surface area contributed by atoms with E-state index in [4.69, 9.17) is 0 Å². The lowest BCUT2D eigenvalue weighted by atomic mass is 10.1. The van der Waals surface area contributed by atoms with Crippen molar-refractivity contribution in [3.05, 3.63) is 89.2 Å². The standard InChI is InChI=1S/C25H20N4O3/c1-15-9-10-28-13-21(26-22(28)11-15)17-8-7-16(2)20(12-17)27-23(30)14-29-24(31)18-5-3-4-6-19(18)25(29)32/h3-13H,14H2,1-2H3,(H,27,30). The fourth-order valence-corrected chi connectivity index (χ4v) is 3.85. The first-order valence-corrected chi connectivity index (χ1v) is 10.2. The van der Waals surface area contributed by atoms with E-state index in [0.717, 1.165) is 32.9 Å². The number of nitrogens with one attached hydrogen (secondary N) is 1. The summed E-state index contributed by atoms with van der Waals surface area (Å²) < 4.78 is 1.95. The van der Waals surface area contributed by atoms with Crippen LogP contribution in [0, 0.1) is 13.8 Å². The second-order valence-corrected chi connectivity index (χ2v) is 7.92. The van der Waals surface area contributed by atoms with Crippen LogP contribution in [0.4, 0.5) is 5.69 Å². The van der Waals surface area contributed by atoms with Gasteiger partial charge >= 0.3 is 0 Å². The van der Waals surface area contributed by atoms with E-state index in [-0.39, 0.29) is 6.54 Å². The molecule has 0 fully saturated rings. The number of amides is 3. The summed E-state index contributed by atoms with van der Waals surface area (Å²) in [4.78, 5) is 43.4. The maximum atomic E-state index is 12.7. The van der Waals surface area contributed by atoms with Gasteiger partial charge in [0.2, 0.25) is 5.91 Å². The Hall–Kier alpha value is -4.26. The van der Waals surface area contributed by atoms with E-state index in [9.17, 15) is 14.4 Å².